The second kappa shape index (κ2) is 6.17. The van der Waals surface area contributed by atoms with Crippen LogP contribution in [0.25, 0.3) is 0 Å². The van der Waals surface area contributed by atoms with Crippen LogP contribution < -0.4 is 11.5 Å². The average Bonchev–Trinajstić information content (AvgIpc) is 2.14. The fourth-order valence-corrected chi connectivity index (χ4v) is 3.35. The van der Waals surface area contributed by atoms with E-state index in [1.54, 1.807) is 20.8 Å². The van der Waals surface area contributed by atoms with Crippen molar-refractivity contribution in [2.75, 3.05) is 13.1 Å². The number of hydrogen-bond acceptors (Lipinski definition) is 4. The van der Waals surface area contributed by atoms with Gasteiger partial charge in [0.05, 0.1) is 11.8 Å². The first-order valence-corrected chi connectivity index (χ1v) is 6.76. The van der Waals surface area contributed by atoms with Crippen LogP contribution in [-0.2, 0) is 14.8 Å². The zero-order chi connectivity index (χ0) is 12.9. The number of nitrogens with two attached hydrogens (primary N) is 2. The lowest BCUT2D eigenvalue weighted by atomic mass is 10.3. The molecule has 0 saturated carbocycles. The molecule has 0 radical (unpaired) electrons. The molecule has 0 spiro atoms. The van der Waals surface area contributed by atoms with Gasteiger partial charge in [-0.2, -0.15) is 4.31 Å². The van der Waals surface area contributed by atoms with Crippen molar-refractivity contribution in [1.82, 2.24) is 4.31 Å². The van der Waals surface area contributed by atoms with E-state index in [4.69, 9.17) is 11.5 Å². The lowest BCUT2D eigenvalue weighted by Gasteiger charge is -2.28. The van der Waals surface area contributed by atoms with Gasteiger partial charge in [-0.05, 0) is 20.3 Å². The van der Waals surface area contributed by atoms with Gasteiger partial charge in [0.15, 0.2) is 0 Å². The number of carbonyl (C=O) groups is 1. The van der Waals surface area contributed by atoms with Gasteiger partial charge in [-0.15, -0.1) is 0 Å². The molecule has 0 saturated heterocycles. The van der Waals surface area contributed by atoms with Crippen molar-refractivity contribution in [1.29, 1.82) is 0 Å². The molecule has 7 heteroatoms. The van der Waals surface area contributed by atoms with Crippen molar-refractivity contribution >= 4 is 15.9 Å². The summed E-state index contributed by atoms with van der Waals surface area (Å²) >= 11 is 0. The number of hydrogen-bond donors (Lipinski definition) is 2. The van der Waals surface area contributed by atoms with Gasteiger partial charge in [-0.3, -0.25) is 4.79 Å². The van der Waals surface area contributed by atoms with Crippen LogP contribution >= 0.6 is 0 Å². The highest BCUT2D eigenvalue weighted by Crippen LogP contribution is 2.14. The maximum absolute atomic E-state index is 12.1. The van der Waals surface area contributed by atoms with Crippen molar-refractivity contribution in [3.05, 3.63) is 0 Å². The highest BCUT2D eigenvalue weighted by molar-refractivity contribution is 7.89. The minimum atomic E-state index is -3.55. The van der Waals surface area contributed by atoms with Crippen LogP contribution in [0.15, 0.2) is 0 Å². The van der Waals surface area contributed by atoms with E-state index >= 15 is 0 Å². The van der Waals surface area contributed by atoms with Crippen LogP contribution in [0.1, 0.15) is 27.2 Å². The van der Waals surface area contributed by atoms with Crippen LogP contribution in [0.4, 0.5) is 0 Å². The summed E-state index contributed by atoms with van der Waals surface area (Å²) in [6.07, 6.45) is 0.417. The molecule has 0 fully saturated rings. The highest BCUT2D eigenvalue weighted by Gasteiger charge is 2.32. The first-order chi connectivity index (χ1) is 7.27. The topological polar surface area (TPSA) is 106 Å². The van der Waals surface area contributed by atoms with E-state index in [9.17, 15) is 13.2 Å². The number of rotatable bonds is 7. The Morgan fingerprint density at radius 2 is 1.88 bits per heavy atom. The Bertz CT molecular complexity index is 323. The molecule has 1 unspecified atom stereocenters. The molecule has 1 atom stereocenters. The lowest BCUT2D eigenvalue weighted by Crippen LogP contribution is -2.48. The summed E-state index contributed by atoms with van der Waals surface area (Å²) in [6, 6.07) is -0.307. The third-order valence-corrected chi connectivity index (χ3v) is 4.93. The predicted molar refractivity (Wildman–Crippen MR) is 63.1 cm³/mol. The third kappa shape index (κ3) is 3.73. The van der Waals surface area contributed by atoms with Gasteiger partial charge in [0.1, 0.15) is 0 Å². The molecule has 16 heavy (non-hydrogen) atoms. The second-order valence-electron chi connectivity index (χ2n) is 3.92. The molecule has 0 bridgehead atoms. The first-order valence-electron chi connectivity index (χ1n) is 5.26. The van der Waals surface area contributed by atoms with Crippen molar-refractivity contribution in [3.8, 4) is 0 Å². The van der Waals surface area contributed by atoms with Gasteiger partial charge in [0.2, 0.25) is 15.9 Å². The van der Waals surface area contributed by atoms with E-state index in [2.05, 4.69) is 0 Å². The molecule has 0 aromatic heterocycles. The standard InChI is InChI=1S/C9H21N3O3S/c1-4-8(5-10)16(14,15)12(7(2)3)6-9(11)13/h7-8H,4-6,10H2,1-3H3,(H2,11,13). The summed E-state index contributed by atoms with van der Waals surface area (Å²) in [5.41, 5.74) is 10.5. The van der Waals surface area contributed by atoms with Crippen molar-refractivity contribution in [2.24, 2.45) is 11.5 Å². The molecule has 0 aliphatic rings. The van der Waals surface area contributed by atoms with Crippen LogP contribution in [0.3, 0.4) is 0 Å². The van der Waals surface area contributed by atoms with E-state index in [-0.39, 0.29) is 19.1 Å². The van der Waals surface area contributed by atoms with Gasteiger partial charge in [0.25, 0.3) is 0 Å². The largest absolute Gasteiger partial charge is 0.369 e. The van der Waals surface area contributed by atoms with Gasteiger partial charge >= 0.3 is 0 Å². The molecular weight excluding hydrogens is 230 g/mol. The maximum atomic E-state index is 12.1. The van der Waals surface area contributed by atoms with Gasteiger partial charge in [-0.25, -0.2) is 8.42 Å². The molecule has 0 rings (SSSR count). The minimum absolute atomic E-state index is 0.0425. The summed E-state index contributed by atoms with van der Waals surface area (Å²) in [6.45, 7) is 4.89. The molecule has 96 valence electrons. The average molecular weight is 251 g/mol. The number of carbonyl (C=O) groups excluding carboxylic acids is 1. The van der Waals surface area contributed by atoms with Gasteiger partial charge in [-0.1, -0.05) is 6.92 Å². The molecule has 0 heterocycles. The normalized spacial score (nSPS) is 14.4. The zero-order valence-electron chi connectivity index (χ0n) is 10.0. The number of amides is 1. The van der Waals surface area contributed by atoms with E-state index in [0.717, 1.165) is 4.31 Å². The summed E-state index contributed by atoms with van der Waals surface area (Å²) in [4.78, 5) is 10.8. The number of sulfonamides is 1. The second-order valence-corrected chi connectivity index (χ2v) is 6.08. The Labute approximate surface area is 97.0 Å². The van der Waals surface area contributed by atoms with E-state index in [0.29, 0.717) is 6.42 Å². The third-order valence-electron chi connectivity index (χ3n) is 2.35. The fraction of sp³-hybridized carbons (Fsp3) is 0.889. The Kier molecular flexibility index (Phi) is 5.91. The van der Waals surface area contributed by atoms with Crippen LogP contribution in [0.2, 0.25) is 0 Å². The number of primary amides is 1. The van der Waals surface area contributed by atoms with Crippen molar-refractivity contribution < 1.29 is 13.2 Å². The molecule has 0 aliphatic carbocycles. The Morgan fingerprint density at radius 3 is 2.12 bits per heavy atom. The van der Waals surface area contributed by atoms with E-state index < -0.39 is 21.2 Å². The maximum Gasteiger partial charge on any atom is 0.232 e. The minimum Gasteiger partial charge on any atom is -0.369 e. The van der Waals surface area contributed by atoms with E-state index in [1.807, 2.05) is 0 Å². The molecule has 6 nitrogen and oxygen atoms in total. The molecule has 0 aromatic rings. The summed E-state index contributed by atoms with van der Waals surface area (Å²) in [5, 5.41) is -0.658. The summed E-state index contributed by atoms with van der Waals surface area (Å²) in [7, 11) is -3.55. The van der Waals surface area contributed by atoms with Crippen LogP contribution in [0.5, 0.6) is 0 Å². The monoisotopic (exact) mass is 251 g/mol. The first kappa shape index (κ1) is 15.3. The Balaban J connectivity index is 5.11. The Hall–Kier alpha value is -0.660. The quantitative estimate of drug-likeness (QED) is 0.620. The number of nitrogens with zero attached hydrogens (tertiary/aromatic N) is 1. The smallest absolute Gasteiger partial charge is 0.232 e. The molecule has 4 N–H and O–H groups in total. The van der Waals surface area contributed by atoms with Gasteiger partial charge in [0, 0.05) is 12.6 Å². The van der Waals surface area contributed by atoms with Crippen LogP contribution in [-0.4, -0.2) is 43.0 Å². The zero-order valence-corrected chi connectivity index (χ0v) is 10.8. The van der Waals surface area contributed by atoms with Crippen LogP contribution in [0, 0.1) is 0 Å². The predicted octanol–water partition coefficient (Wildman–Crippen LogP) is -0.751. The molecule has 0 aliphatic heterocycles. The van der Waals surface area contributed by atoms with Crippen molar-refractivity contribution in [2.45, 2.75) is 38.5 Å². The summed E-state index contributed by atoms with van der Waals surface area (Å²) < 4.78 is 25.3. The summed E-state index contributed by atoms with van der Waals surface area (Å²) in [5.74, 6) is -0.663. The SMILES string of the molecule is CCC(CN)S(=O)(=O)N(CC(N)=O)C(C)C. The molecule has 1 amide bonds. The van der Waals surface area contributed by atoms with Gasteiger partial charge < -0.3 is 11.5 Å². The molecular formula is C9H21N3O3S. The van der Waals surface area contributed by atoms with Crippen molar-refractivity contribution in [3.63, 3.8) is 0 Å². The lowest BCUT2D eigenvalue weighted by molar-refractivity contribution is -0.118. The Morgan fingerprint density at radius 1 is 1.38 bits per heavy atom. The highest BCUT2D eigenvalue weighted by atomic mass is 32.2. The molecule has 0 aromatic carbocycles. The van der Waals surface area contributed by atoms with E-state index in [1.165, 1.54) is 0 Å². The fourth-order valence-electron chi connectivity index (χ4n) is 1.41.